The highest BCUT2D eigenvalue weighted by Crippen LogP contribution is 2.22. The van der Waals surface area contributed by atoms with Crippen molar-refractivity contribution in [3.8, 4) is 0 Å². The first-order chi connectivity index (χ1) is 10.8. The molecule has 2 rings (SSSR count). The molecule has 1 saturated heterocycles. The first-order valence-electron chi connectivity index (χ1n) is 7.43. The van der Waals surface area contributed by atoms with Gasteiger partial charge in [-0.15, -0.1) is 24.1 Å². The number of carbonyl (C=O) groups excluding carboxylic acids is 1. The van der Waals surface area contributed by atoms with Crippen molar-refractivity contribution in [3.05, 3.63) is 24.0 Å². The molecule has 136 valence electrons. The van der Waals surface area contributed by atoms with Crippen LogP contribution in [0.3, 0.4) is 0 Å². The summed E-state index contributed by atoms with van der Waals surface area (Å²) in [4.78, 5) is 13.1. The summed E-state index contributed by atoms with van der Waals surface area (Å²) in [5.41, 5.74) is 0.466. The van der Waals surface area contributed by atoms with Crippen LogP contribution in [0.25, 0.3) is 0 Å². The first-order valence-corrected chi connectivity index (χ1v) is 7.43. The van der Waals surface area contributed by atoms with Crippen molar-refractivity contribution in [1.29, 1.82) is 0 Å². The fourth-order valence-corrected chi connectivity index (χ4v) is 2.68. The van der Waals surface area contributed by atoms with Crippen molar-refractivity contribution in [1.82, 2.24) is 25.2 Å². The van der Waals surface area contributed by atoms with Crippen LogP contribution in [-0.2, 0) is 0 Å². The smallest absolute Gasteiger partial charge is 0.324 e. The molecule has 0 radical (unpaired) electrons. The van der Waals surface area contributed by atoms with Gasteiger partial charge in [-0.3, -0.25) is 4.79 Å². The van der Waals surface area contributed by atoms with E-state index in [1.807, 2.05) is 0 Å². The molecule has 0 aliphatic carbocycles. The zero-order chi connectivity index (χ0) is 17.0. The summed E-state index contributed by atoms with van der Waals surface area (Å²) >= 11 is 0. The van der Waals surface area contributed by atoms with Crippen LogP contribution in [0.2, 0.25) is 0 Å². The molecule has 6 nitrogen and oxygen atoms in total. The number of hydrogen-bond acceptors (Lipinski definition) is 4. The van der Waals surface area contributed by atoms with Crippen LogP contribution in [-0.4, -0.2) is 58.2 Å². The maximum atomic E-state index is 12.6. The van der Waals surface area contributed by atoms with E-state index in [4.69, 9.17) is 0 Å². The lowest BCUT2D eigenvalue weighted by molar-refractivity contribution is -0.139. The first kappa shape index (κ1) is 20.4. The molecule has 1 aliphatic rings. The van der Waals surface area contributed by atoms with Crippen LogP contribution in [0.5, 0.6) is 0 Å². The number of aromatic nitrogens is 3. The normalized spacial score (nSPS) is 15.7. The lowest BCUT2D eigenvalue weighted by Crippen LogP contribution is -2.39. The fourth-order valence-electron chi connectivity index (χ4n) is 2.68. The molecule has 10 heteroatoms. The van der Waals surface area contributed by atoms with Crippen LogP contribution in [0.1, 0.15) is 35.1 Å². The minimum atomic E-state index is -4.47. The van der Waals surface area contributed by atoms with Gasteiger partial charge in [0.2, 0.25) is 0 Å². The molecule has 1 aliphatic heterocycles. The quantitative estimate of drug-likeness (QED) is 0.810. The summed E-state index contributed by atoms with van der Waals surface area (Å²) in [6.07, 6.45) is -1.53. The number of halogens is 4. The number of carbonyl (C=O) groups is 1. The zero-order valence-electron chi connectivity index (χ0n) is 13.3. The van der Waals surface area contributed by atoms with E-state index in [0.717, 1.165) is 25.9 Å². The van der Waals surface area contributed by atoms with Gasteiger partial charge in [-0.05, 0) is 32.9 Å². The number of rotatable bonds is 5. The van der Waals surface area contributed by atoms with Crippen molar-refractivity contribution < 1.29 is 18.0 Å². The topological polar surface area (TPSA) is 63.1 Å². The Morgan fingerprint density at radius 3 is 2.62 bits per heavy atom. The predicted octanol–water partition coefficient (Wildman–Crippen LogP) is 2.12. The van der Waals surface area contributed by atoms with Gasteiger partial charge in [-0.25, -0.2) is 4.68 Å². The Bertz CT molecular complexity index is 569. The molecule has 0 aromatic carbocycles. The number of hydrogen-bond donors (Lipinski definition) is 1. The Morgan fingerprint density at radius 1 is 1.46 bits per heavy atom. The third-order valence-corrected chi connectivity index (χ3v) is 3.79. The molecule has 0 saturated carbocycles. The van der Waals surface area contributed by atoms with Crippen molar-refractivity contribution >= 4 is 18.3 Å². The molecule has 0 bridgehead atoms. The second-order valence-corrected chi connectivity index (χ2v) is 5.54. The number of piperidine rings is 1. The maximum Gasteiger partial charge on any atom is 0.406 e. The molecule has 0 spiro atoms. The van der Waals surface area contributed by atoms with Crippen LogP contribution in [0, 0.1) is 6.92 Å². The molecule has 1 N–H and O–H groups in total. The summed E-state index contributed by atoms with van der Waals surface area (Å²) in [6.45, 7) is 5.20. The molecule has 1 fully saturated rings. The van der Waals surface area contributed by atoms with Crippen LogP contribution >= 0.6 is 12.4 Å². The van der Waals surface area contributed by atoms with Crippen molar-refractivity contribution in [2.24, 2.45) is 0 Å². The third-order valence-electron chi connectivity index (χ3n) is 3.79. The van der Waals surface area contributed by atoms with Crippen LogP contribution in [0.4, 0.5) is 13.2 Å². The second-order valence-electron chi connectivity index (χ2n) is 5.54. The maximum absolute atomic E-state index is 12.6. The Kier molecular flexibility index (Phi) is 7.22. The number of amides is 1. The van der Waals surface area contributed by atoms with E-state index in [1.165, 1.54) is 6.08 Å². The molecule has 2 heterocycles. The van der Waals surface area contributed by atoms with Gasteiger partial charge in [-0.1, -0.05) is 11.3 Å². The van der Waals surface area contributed by atoms with E-state index in [2.05, 4.69) is 22.2 Å². The van der Waals surface area contributed by atoms with Gasteiger partial charge in [0.1, 0.15) is 6.54 Å². The molecule has 0 atom stereocenters. The highest BCUT2D eigenvalue weighted by molar-refractivity contribution is 5.93. The Balaban J connectivity index is 0.00000288. The standard InChI is InChI=1S/C14H20F3N5O.ClH/c1-3-8-21(9-14(15,16)17)13(23)12-10(2)22(20-19-12)11-4-6-18-7-5-11;/h3,11,18H,1,4-9H2,2H3;1H. The Labute approximate surface area is 144 Å². The fraction of sp³-hybridized carbons (Fsp3) is 0.643. The molecule has 1 aromatic heterocycles. The second kappa shape index (κ2) is 8.48. The van der Waals surface area contributed by atoms with Crippen LogP contribution in [0.15, 0.2) is 12.7 Å². The number of nitrogens with one attached hydrogen (secondary N) is 1. The zero-order valence-corrected chi connectivity index (χ0v) is 14.2. The van der Waals surface area contributed by atoms with Gasteiger partial charge >= 0.3 is 6.18 Å². The SMILES string of the molecule is C=CCN(CC(F)(F)F)C(=O)c1nnn(C2CCNCC2)c1C.Cl. The summed E-state index contributed by atoms with van der Waals surface area (Å²) in [7, 11) is 0. The summed E-state index contributed by atoms with van der Waals surface area (Å²) < 4.78 is 39.5. The lowest BCUT2D eigenvalue weighted by Gasteiger charge is -2.24. The van der Waals surface area contributed by atoms with E-state index >= 15 is 0 Å². The summed E-state index contributed by atoms with van der Waals surface area (Å²) in [5.74, 6) is -0.778. The van der Waals surface area contributed by atoms with E-state index in [-0.39, 0.29) is 30.7 Å². The van der Waals surface area contributed by atoms with E-state index in [0.29, 0.717) is 10.6 Å². The molecular formula is C14H21ClF3N5O. The van der Waals surface area contributed by atoms with Gasteiger partial charge < -0.3 is 10.2 Å². The van der Waals surface area contributed by atoms with Crippen LogP contribution < -0.4 is 5.32 Å². The van der Waals surface area contributed by atoms with Gasteiger partial charge in [0.15, 0.2) is 5.69 Å². The van der Waals surface area contributed by atoms with E-state index in [9.17, 15) is 18.0 Å². The van der Waals surface area contributed by atoms with Crippen molar-refractivity contribution in [2.45, 2.75) is 32.0 Å². The monoisotopic (exact) mass is 367 g/mol. The Hall–Kier alpha value is -1.61. The Morgan fingerprint density at radius 2 is 2.08 bits per heavy atom. The van der Waals surface area contributed by atoms with E-state index in [1.54, 1.807) is 11.6 Å². The number of alkyl halides is 3. The van der Waals surface area contributed by atoms with Gasteiger partial charge in [-0.2, -0.15) is 13.2 Å². The van der Waals surface area contributed by atoms with Crippen molar-refractivity contribution in [3.63, 3.8) is 0 Å². The average Bonchev–Trinajstić information content (AvgIpc) is 2.87. The molecule has 24 heavy (non-hydrogen) atoms. The molecular weight excluding hydrogens is 347 g/mol. The van der Waals surface area contributed by atoms with Crippen molar-refractivity contribution in [2.75, 3.05) is 26.2 Å². The minimum Gasteiger partial charge on any atom is -0.324 e. The molecule has 1 amide bonds. The number of nitrogens with zero attached hydrogens (tertiary/aromatic N) is 4. The van der Waals surface area contributed by atoms with E-state index < -0.39 is 18.6 Å². The highest BCUT2D eigenvalue weighted by atomic mass is 35.5. The predicted molar refractivity (Wildman–Crippen MR) is 85.3 cm³/mol. The summed E-state index contributed by atoms with van der Waals surface area (Å²) in [5, 5.41) is 11.0. The highest BCUT2D eigenvalue weighted by Gasteiger charge is 2.34. The molecule has 1 aromatic rings. The molecule has 0 unspecified atom stereocenters. The van der Waals surface area contributed by atoms with Gasteiger partial charge in [0.25, 0.3) is 5.91 Å². The minimum absolute atomic E-state index is 0. The van der Waals surface area contributed by atoms with Gasteiger partial charge in [0.05, 0.1) is 11.7 Å². The lowest BCUT2D eigenvalue weighted by atomic mass is 10.1. The third kappa shape index (κ3) is 4.94. The summed E-state index contributed by atoms with van der Waals surface area (Å²) in [6, 6.07) is 0.112. The largest absolute Gasteiger partial charge is 0.406 e. The van der Waals surface area contributed by atoms with Gasteiger partial charge in [0, 0.05) is 6.54 Å². The average molecular weight is 368 g/mol.